The average molecular weight is 475 g/mol. The number of nitrogens with zero attached hydrogens (tertiary/aromatic N) is 4. The quantitative estimate of drug-likeness (QED) is 0.536. The average Bonchev–Trinajstić information content (AvgIpc) is 3.37. The van der Waals surface area contributed by atoms with Gasteiger partial charge in [-0.15, -0.1) is 10.2 Å². The van der Waals surface area contributed by atoms with Gasteiger partial charge in [0.2, 0.25) is 21.8 Å². The number of amides is 1. The molecule has 0 bridgehead atoms. The highest BCUT2D eigenvalue weighted by Crippen LogP contribution is 2.28. The number of rotatable bonds is 6. The number of carbonyl (C=O) groups excluding carboxylic acids is 1. The van der Waals surface area contributed by atoms with Crippen LogP contribution in [0.4, 0.5) is 5.69 Å². The molecule has 1 aromatic heterocycles. The van der Waals surface area contributed by atoms with Gasteiger partial charge in [-0.1, -0.05) is 29.8 Å². The van der Waals surface area contributed by atoms with Crippen LogP contribution in [0.25, 0.3) is 11.5 Å². The van der Waals surface area contributed by atoms with E-state index in [0.29, 0.717) is 34.8 Å². The van der Waals surface area contributed by atoms with Gasteiger partial charge in [0.05, 0.1) is 28.6 Å². The van der Waals surface area contributed by atoms with E-state index < -0.39 is 10.0 Å². The molecular formula is C22H23ClN4O4S. The molecule has 0 spiro atoms. The summed E-state index contributed by atoms with van der Waals surface area (Å²) in [6.07, 6.45) is 0.573. The number of carbonyl (C=O) groups is 1. The van der Waals surface area contributed by atoms with E-state index in [-0.39, 0.29) is 36.0 Å². The first-order chi connectivity index (χ1) is 15.3. The zero-order valence-corrected chi connectivity index (χ0v) is 19.3. The van der Waals surface area contributed by atoms with Crippen LogP contribution in [0, 0.1) is 0 Å². The summed E-state index contributed by atoms with van der Waals surface area (Å²) >= 11 is 6.20. The number of anilines is 1. The van der Waals surface area contributed by atoms with Crippen molar-refractivity contribution in [1.82, 2.24) is 15.1 Å². The number of halogens is 1. The van der Waals surface area contributed by atoms with Crippen molar-refractivity contribution in [2.24, 2.45) is 0 Å². The number of aromatic nitrogens is 2. The molecule has 1 aliphatic heterocycles. The van der Waals surface area contributed by atoms with Crippen LogP contribution in [0.3, 0.4) is 0 Å². The second-order valence-electron chi connectivity index (χ2n) is 7.80. The number of hydrogen-bond acceptors (Lipinski definition) is 6. The van der Waals surface area contributed by atoms with E-state index in [1.807, 2.05) is 26.0 Å². The van der Waals surface area contributed by atoms with Gasteiger partial charge in [0.25, 0.3) is 5.91 Å². The molecule has 0 saturated carbocycles. The summed E-state index contributed by atoms with van der Waals surface area (Å²) in [7, 11) is -3.33. The van der Waals surface area contributed by atoms with Crippen LogP contribution in [0.2, 0.25) is 5.02 Å². The zero-order chi connectivity index (χ0) is 22.9. The highest BCUT2D eigenvalue weighted by Gasteiger charge is 2.29. The summed E-state index contributed by atoms with van der Waals surface area (Å²) < 4.78 is 31.6. The maximum atomic E-state index is 13.3. The summed E-state index contributed by atoms with van der Waals surface area (Å²) in [4.78, 5) is 14.9. The predicted octanol–water partition coefficient (Wildman–Crippen LogP) is 3.98. The Bertz CT molecular complexity index is 1240. The Balaban J connectivity index is 1.57. The van der Waals surface area contributed by atoms with Crippen LogP contribution in [0.5, 0.6) is 0 Å². The topological polar surface area (TPSA) is 96.6 Å². The van der Waals surface area contributed by atoms with Gasteiger partial charge in [-0.2, -0.15) is 0 Å². The van der Waals surface area contributed by atoms with Crippen molar-refractivity contribution < 1.29 is 17.6 Å². The van der Waals surface area contributed by atoms with E-state index >= 15 is 0 Å². The number of hydrogen-bond donors (Lipinski definition) is 0. The van der Waals surface area contributed by atoms with Gasteiger partial charge in [0.1, 0.15) is 0 Å². The molecule has 2 aromatic carbocycles. The van der Waals surface area contributed by atoms with Gasteiger partial charge in [0.15, 0.2) is 0 Å². The van der Waals surface area contributed by atoms with Crippen LogP contribution in [0.15, 0.2) is 52.9 Å². The fourth-order valence-electron chi connectivity index (χ4n) is 3.59. The minimum atomic E-state index is -3.33. The molecule has 32 heavy (non-hydrogen) atoms. The van der Waals surface area contributed by atoms with Crippen LogP contribution in [0.1, 0.15) is 36.5 Å². The molecule has 168 valence electrons. The van der Waals surface area contributed by atoms with Crippen molar-refractivity contribution >= 4 is 33.2 Å². The van der Waals surface area contributed by atoms with Crippen molar-refractivity contribution in [3.05, 3.63) is 65.0 Å². The maximum absolute atomic E-state index is 13.3. The standard InChI is InChI=1S/C22H23ClN4O4S/c1-15(2)26(14-20-24-25-21(31-20)18-9-3-4-10-19(18)23)22(28)16-7-5-8-17(13-16)27-11-6-12-32(27,29)30/h3-5,7-10,13,15H,6,11-12,14H2,1-2H3. The first-order valence-electron chi connectivity index (χ1n) is 10.2. The summed E-state index contributed by atoms with van der Waals surface area (Å²) in [5.74, 6) is 0.424. The Hall–Kier alpha value is -2.91. The van der Waals surface area contributed by atoms with Crippen LogP contribution in [-0.2, 0) is 16.6 Å². The predicted molar refractivity (Wildman–Crippen MR) is 122 cm³/mol. The van der Waals surface area contributed by atoms with Crippen LogP contribution >= 0.6 is 11.6 Å². The molecule has 1 aliphatic rings. The summed E-state index contributed by atoms with van der Waals surface area (Å²) in [6, 6.07) is 13.7. The molecule has 0 aliphatic carbocycles. The molecule has 0 N–H and O–H groups in total. The van der Waals surface area contributed by atoms with Gasteiger partial charge in [-0.3, -0.25) is 9.10 Å². The molecule has 0 atom stereocenters. The Morgan fingerprint density at radius 2 is 1.97 bits per heavy atom. The van der Waals surface area contributed by atoms with Gasteiger partial charge in [-0.05, 0) is 50.6 Å². The van der Waals surface area contributed by atoms with Crippen LogP contribution < -0.4 is 4.31 Å². The molecule has 4 rings (SSSR count). The minimum Gasteiger partial charge on any atom is -0.419 e. The Kier molecular flexibility index (Phi) is 6.21. The van der Waals surface area contributed by atoms with E-state index in [0.717, 1.165) is 0 Å². The Morgan fingerprint density at radius 3 is 2.66 bits per heavy atom. The summed E-state index contributed by atoms with van der Waals surface area (Å²) in [5, 5.41) is 8.63. The first kappa shape index (κ1) is 22.3. The third kappa shape index (κ3) is 4.49. The highest BCUT2D eigenvalue weighted by atomic mass is 35.5. The van der Waals surface area contributed by atoms with E-state index in [1.54, 1.807) is 41.3 Å². The molecule has 1 saturated heterocycles. The lowest BCUT2D eigenvalue weighted by Gasteiger charge is -2.26. The highest BCUT2D eigenvalue weighted by molar-refractivity contribution is 7.93. The normalized spacial score (nSPS) is 15.3. The van der Waals surface area contributed by atoms with E-state index in [9.17, 15) is 13.2 Å². The van der Waals surface area contributed by atoms with Gasteiger partial charge in [-0.25, -0.2) is 8.42 Å². The van der Waals surface area contributed by atoms with E-state index in [2.05, 4.69) is 10.2 Å². The monoisotopic (exact) mass is 474 g/mol. The van der Waals surface area contributed by atoms with Crippen molar-refractivity contribution in [2.45, 2.75) is 32.9 Å². The smallest absolute Gasteiger partial charge is 0.254 e. The van der Waals surface area contributed by atoms with Crippen molar-refractivity contribution in [3.63, 3.8) is 0 Å². The molecular weight excluding hydrogens is 452 g/mol. The van der Waals surface area contributed by atoms with Crippen molar-refractivity contribution in [2.75, 3.05) is 16.6 Å². The molecule has 0 unspecified atom stereocenters. The zero-order valence-electron chi connectivity index (χ0n) is 17.7. The first-order valence-corrected chi connectivity index (χ1v) is 12.2. The van der Waals surface area contributed by atoms with Crippen LogP contribution in [-0.4, -0.2) is 47.8 Å². The van der Waals surface area contributed by atoms with Crippen molar-refractivity contribution in [3.8, 4) is 11.5 Å². The molecule has 10 heteroatoms. The molecule has 8 nitrogen and oxygen atoms in total. The Labute approximate surface area is 191 Å². The van der Waals surface area contributed by atoms with Gasteiger partial charge in [0, 0.05) is 18.2 Å². The fourth-order valence-corrected chi connectivity index (χ4v) is 5.36. The van der Waals surface area contributed by atoms with Crippen molar-refractivity contribution in [1.29, 1.82) is 0 Å². The lowest BCUT2D eigenvalue weighted by molar-refractivity contribution is 0.0672. The summed E-state index contributed by atoms with van der Waals surface area (Å²) in [6.45, 7) is 4.30. The largest absolute Gasteiger partial charge is 0.419 e. The molecule has 0 radical (unpaired) electrons. The fraction of sp³-hybridized carbons (Fsp3) is 0.318. The number of benzene rings is 2. The van der Waals surface area contributed by atoms with Gasteiger partial charge >= 0.3 is 0 Å². The minimum absolute atomic E-state index is 0.111. The Morgan fingerprint density at radius 1 is 1.19 bits per heavy atom. The molecule has 2 heterocycles. The second kappa shape index (κ2) is 8.91. The third-order valence-corrected chi connectivity index (χ3v) is 7.44. The third-order valence-electron chi connectivity index (χ3n) is 5.24. The molecule has 1 amide bonds. The summed E-state index contributed by atoms with van der Waals surface area (Å²) in [5.41, 5.74) is 1.51. The maximum Gasteiger partial charge on any atom is 0.254 e. The molecule has 3 aromatic rings. The van der Waals surface area contributed by atoms with Gasteiger partial charge < -0.3 is 9.32 Å². The number of sulfonamides is 1. The lowest BCUT2D eigenvalue weighted by Crippen LogP contribution is -2.36. The second-order valence-corrected chi connectivity index (χ2v) is 10.2. The molecule has 1 fully saturated rings. The van der Waals surface area contributed by atoms with E-state index in [4.69, 9.17) is 16.0 Å². The lowest BCUT2D eigenvalue weighted by atomic mass is 10.1. The van der Waals surface area contributed by atoms with E-state index in [1.165, 1.54) is 4.31 Å². The SMILES string of the molecule is CC(C)N(Cc1nnc(-c2ccccc2Cl)o1)C(=O)c1cccc(N2CCCS2(=O)=O)c1.